The number of carbonyl (C=O) groups excluding carboxylic acids is 1. The zero-order valence-corrected chi connectivity index (χ0v) is 10.6. The van der Waals surface area contributed by atoms with E-state index in [1.54, 1.807) is 7.11 Å². The van der Waals surface area contributed by atoms with Crippen molar-refractivity contribution in [3.05, 3.63) is 0 Å². The summed E-state index contributed by atoms with van der Waals surface area (Å²) in [6.07, 6.45) is 3.13. The maximum atomic E-state index is 11.6. The number of urea groups is 1. The average molecular weight is 226 g/mol. The first-order valence-electron chi connectivity index (χ1n) is 6.01. The molecule has 0 radical (unpaired) electrons. The largest absolute Gasteiger partial charge is 0.378 e. The summed E-state index contributed by atoms with van der Waals surface area (Å²) in [5, 5.41) is 5.98. The fraction of sp³-hybridized carbons (Fsp3) is 0.917. The summed E-state index contributed by atoms with van der Waals surface area (Å²) in [6.45, 7) is 6.38. The number of hydrogen-bond acceptors (Lipinski definition) is 2. The fourth-order valence-electron chi connectivity index (χ4n) is 2.34. The molecule has 92 valence electrons. The van der Waals surface area contributed by atoms with Crippen LogP contribution in [0.15, 0.2) is 0 Å². The minimum absolute atomic E-state index is 0.0113. The van der Waals surface area contributed by atoms with E-state index in [9.17, 15) is 4.79 Å². The molecular formula is C12H22N2O2. The van der Waals surface area contributed by atoms with Crippen LogP contribution in [0.3, 0.4) is 0 Å². The quantitative estimate of drug-likeness (QED) is 0.769. The van der Waals surface area contributed by atoms with Crippen molar-refractivity contribution in [1.29, 1.82) is 0 Å². The van der Waals surface area contributed by atoms with Crippen molar-refractivity contribution in [2.75, 3.05) is 7.11 Å². The molecular weight excluding hydrogens is 204 g/mol. The normalized spacial score (nSPS) is 36.4. The van der Waals surface area contributed by atoms with Gasteiger partial charge in [-0.15, -0.1) is 0 Å². The Labute approximate surface area is 97.1 Å². The van der Waals surface area contributed by atoms with Crippen LogP contribution in [0.4, 0.5) is 4.79 Å². The molecule has 16 heavy (non-hydrogen) atoms. The van der Waals surface area contributed by atoms with Gasteiger partial charge in [-0.3, -0.25) is 0 Å². The monoisotopic (exact) mass is 226 g/mol. The molecule has 0 spiro atoms. The van der Waals surface area contributed by atoms with E-state index in [4.69, 9.17) is 4.74 Å². The van der Waals surface area contributed by atoms with E-state index in [2.05, 4.69) is 31.4 Å². The van der Waals surface area contributed by atoms with Crippen LogP contribution in [0.1, 0.15) is 40.0 Å². The van der Waals surface area contributed by atoms with E-state index < -0.39 is 0 Å². The highest BCUT2D eigenvalue weighted by Gasteiger charge is 2.58. The van der Waals surface area contributed by atoms with Crippen molar-refractivity contribution in [2.45, 2.75) is 57.7 Å². The number of rotatable bonds is 3. The molecule has 2 saturated carbocycles. The Morgan fingerprint density at radius 1 is 1.25 bits per heavy atom. The number of hydrogen-bond donors (Lipinski definition) is 2. The van der Waals surface area contributed by atoms with Crippen LogP contribution in [0.25, 0.3) is 0 Å². The van der Waals surface area contributed by atoms with Crippen molar-refractivity contribution >= 4 is 6.03 Å². The third-order valence-corrected chi connectivity index (χ3v) is 4.50. The van der Waals surface area contributed by atoms with Crippen LogP contribution >= 0.6 is 0 Å². The molecule has 0 unspecified atom stereocenters. The van der Waals surface area contributed by atoms with Crippen LogP contribution in [0, 0.1) is 5.41 Å². The molecule has 0 aromatic rings. The molecule has 2 amide bonds. The van der Waals surface area contributed by atoms with Crippen molar-refractivity contribution in [3.8, 4) is 0 Å². The Kier molecular flexibility index (Phi) is 2.65. The Hall–Kier alpha value is -0.770. The molecule has 4 heteroatoms. The number of carbonyl (C=O) groups is 1. The molecule has 0 bridgehead atoms. The highest BCUT2D eigenvalue weighted by molar-refractivity contribution is 5.75. The second kappa shape index (κ2) is 3.62. The highest BCUT2D eigenvalue weighted by Crippen LogP contribution is 2.51. The molecule has 2 rings (SSSR count). The van der Waals surface area contributed by atoms with Crippen LogP contribution in [0.5, 0.6) is 0 Å². The number of methoxy groups -OCH3 is 1. The van der Waals surface area contributed by atoms with Gasteiger partial charge in [-0.1, -0.05) is 13.8 Å². The molecule has 0 aromatic heterocycles. The molecule has 2 aliphatic rings. The van der Waals surface area contributed by atoms with E-state index in [1.807, 2.05) is 0 Å². The van der Waals surface area contributed by atoms with Gasteiger partial charge in [0.05, 0.1) is 5.60 Å². The molecule has 2 N–H and O–H groups in total. The Bertz CT molecular complexity index is 299. The van der Waals surface area contributed by atoms with E-state index in [0.29, 0.717) is 6.04 Å². The number of ether oxygens (including phenoxy) is 1. The summed E-state index contributed by atoms with van der Waals surface area (Å²) >= 11 is 0. The lowest BCUT2D eigenvalue weighted by molar-refractivity contribution is -0.177. The third-order valence-electron chi connectivity index (χ3n) is 4.50. The minimum atomic E-state index is -0.121. The smallest absolute Gasteiger partial charge is 0.315 e. The predicted octanol–water partition coefficient (Wildman–Crippen LogP) is 1.65. The number of nitrogens with one attached hydrogen (secondary N) is 2. The Morgan fingerprint density at radius 3 is 2.31 bits per heavy atom. The molecule has 2 atom stereocenters. The second-order valence-electron chi connectivity index (χ2n) is 5.81. The van der Waals surface area contributed by atoms with Crippen molar-refractivity contribution < 1.29 is 9.53 Å². The zero-order chi connectivity index (χ0) is 12.0. The molecule has 0 aliphatic heterocycles. The summed E-state index contributed by atoms with van der Waals surface area (Å²) in [7, 11) is 1.74. The van der Waals surface area contributed by atoms with Gasteiger partial charge in [-0.25, -0.2) is 4.79 Å². The van der Waals surface area contributed by atoms with E-state index in [-0.39, 0.29) is 23.1 Å². The van der Waals surface area contributed by atoms with Gasteiger partial charge in [-0.2, -0.15) is 0 Å². The number of amides is 2. The SMILES string of the molecule is CO[C@@]1(C)C[C@@H](NC(=O)NC2CC2)C1(C)C. The molecule has 2 aliphatic carbocycles. The lowest BCUT2D eigenvalue weighted by Gasteiger charge is -2.59. The predicted molar refractivity (Wildman–Crippen MR) is 62.3 cm³/mol. The van der Waals surface area contributed by atoms with Crippen LogP contribution in [-0.2, 0) is 4.74 Å². The maximum Gasteiger partial charge on any atom is 0.315 e. The van der Waals surface area contributed by atoms with Gasteiger partial charge in [0.2, 0.25) is 0 Å². The van der Waals surface area contributed by atoms with Crippen molar-refractivity contribution in [2.24, 2.45) is 5.41 Å². The minimum Gasteiger partial charge on any atom is -0.378 e. The van der Waals surface area contributed by atoms with Crippen LogP contribution in [-0.4, -0.2) is 30.8 Å². The molecule has 2 fully saturated rings. The summed E-state index contributed by atoms with van der Waals surface area (Å²) in [4.78, 5) is 11.6. The van der Waals surface area contributed by atoms with Gasteiger partial charge < -0.3 is 15.4 Å². The lowest BCUT2D eigenvalue weighted by Crippen LogP contribution is -2.69. The van der Waals surface area contributed by atoms with Crippen LogP contribution < -0.4 is 10.6 Å². The average Bonchev–Trinajstić information content (AvgIpc) is 3.00. The van der Waals surface area contributed by atoms with E-state index >= 15 is 0 Å². The first-order valence-corrected chi connectivity index (χ1v) is 6.01. The Morgan fingerprint density at radius 2 is 1.88 bits per heavy atom. The topological polar surface area (TPSA) is 50.4 Å². The molecule has 0 aromatic carbocycles. The highest BCUT2D eigenvalue weighted by atomic mass is 16.5. The summed E-state index contributed by atoms with van der Waals surface area (Å²) in [5.41, 5.74) is -0.132. The first kappa shape index (κ1) is 11.7. The third kappa shape index (κ3) is 1.79. The lowest BCUT2D eigenvalue weighted by atomic mass is 9.56. The van der Waals surface area contributed by atoms with Gasteiger partial charge in [0.15, 0.2) is 0 Å². The second-order valence-corrected chi connectivity index (χ2v) is 5.81. The van der Waals surface area contributed by atoms with Gasteiger partial charge in [0, 0.05) is 24.6 Å². The van der Waals surface area contributed by atoms with Crippen molar-refractivity contribution in [1.82, 2.24) is 10.6 Å². The van der Waals surface area contributed by atoms with E-state index in [1.165, 1.54) is 0 Å². The maximum absolute atomic E-state index is 11.6. The van der Waals surface area contributed by atoms with E-state index in [0.717, 1.165) is 19.3 Å². The van der Waals surface area contributed by atoms with Gasteiger partial charge >= 0.3 is 6.03 Å². The van der Waals surface area contributed by atoms with Gasteiger partial charge in [0.25, 0.3) is 0 Å². The summed E-state index contributed by atoms with van der Waals surface area (Å²) in [5.74, 6) is 0. The van der Waals surface area contributed by atoms with Gasteiger partial charge in [-0.05, 0) is 26.2 Å². The standard InChI is InChI=1S/C12H22N2O2/c1-11(2)9(7-12(11,3)16-4)14-10(15)13-8-5-6-8/h8-9H,5-7H2,1-4H3,(H2,13,14,15)/t9-,12+/m1/s1. The van der Waals surface area contributed by atoms with Gasteiger partial charge in [0.1, 0.15) is 0 Å². The summed E-state index contributed by atoms with van der Waals surface area (Å²) < 4.78 is 5.52. The zero-order valence-electron chi connectivity index (χ0n) is 10.6. The molecule has 0 saturated heterocycles. The Balaban J connectivity index is 1.85. The fourth-order valence-corrected chi connectivity index (χ4v) is 2.34. The first-order chi connectivity index (χ1) is 7.39. The van der Waals surface area contributed by atoms with Crippen LogP contribution in [0.2, 0.25) is 0 Å². The summed E-state index contributed by atoms with van der Waals surface area (Å²) in [6, 6.07) is 0.590. The molecule has 4 nitrogen and oxygen atoms in total. The van der Waals surface area contributed by atoms with Crippen molar-refractivity contribution in [3.63, 3.8) is 0 Å². The molecule has 0 heterocycles.